The topological polar surface area (TPSA) is 0 Å². The molecular formula is C15H19Hf-. The van der Waals surface area contributed by atoms with Crippen LogP contribution < -0.4 is 0 Å². The Hall–Kier alpha value is -0.300. The number of rotatable bonds is 0. The van der Waals surface area contributed by atoms with E-state index >= 15 is 0 Å². The summed E-state index contributed by atoms with van der Waals surface area (Å²) in [5.41, 5.74) is 4.45. The van der Waals surface area contributed by atoms with Crippen LogP contribution in [0.5, 0.6) is 0 Å². The molecule has 0 saturated carbocycles. The summed E-state index contributed by atoms with van der Waals surface area (Å²) in [4.78, 5) is 0. The zero-order valence-corrected chi connectivity index (χ0v) is 14.4. The Bertz CT molecular complexity index is 459. The summed E-state index contributed by atoms with van der Waals surface area (Å²) in [7, 11) is 0. The molecule has 0 amide bonds. The third-order valence-electron chi connectivity index (χ3n) is 3.19. The zero-order valence-electron chi connectivity index (χ0n) is 10.8. The van der Waals surface area contributed by atoms with Gasteiger partial charge in [0, 0.05) is 25.8 Å². The molecule has 2 aromatic rings. The first-order valence-electron chi connectivity index (χ1n) is 5.57. The second-order valence-corrected chi connectivity index (χ2v) is 5.52. The molecule has 0 radical (unpaired) electrons. The van der Waals surface area contributed by atoms with E-state index in [0.29, 0.717) is 0 Å². The molecule has 0 nitrogen and oxygen atoms in total. The van der Waals surface area contributed by atoms with E-state index in [0.717, 1.165) is 0 Å². The first-order valence-corrected chi connectivity index (χ1v) is 5.57. The van der Waals surface area contributed by atoms with E-state index in [1.165, 1.54) is 27.5 Å². The van der Waals surface area contributed by atoms with Gasteiger partial charge >= 0.3 is 0 Å². The van der Waals surface area contributed by atoms with Gasteiger partial charge in [-0.25, -0.2) is 0 Å². The van der Waals surface area contributed by atoms with Crippen LogP contribution in [0.1, 0.15) is 37.5 Å². The van der Waals surface area contributed by atoms with Gasteiger partial charge in [0.05, 0.1) is 0 Å². The molecule has 0 atom stereocenters. The molecule has 0 unspecified atom stereocenters. The van der Waals surface area contributed by atoms with Crippen molar-refractivity contribution in [1.82, 2.24) is 0 Å². The van der Waals surface area contributed by atoms with E-state index in [4.69, 9.17) is 0 Å². The third-order valence-corrected chi connectivity index (χ3v) is 3.19. The third kappa shape index (κ3) is 2.34. The molecule has 0 fully saturated rings. The summed E-state index contributed by atoms with van der Waals surface area (Å²) in [6.45, 7) is 11.2. The average Bonchev–Trinajstić information content (AvgIpc) is 2.56. The molecule has 1 heteroatoms. The van der Waals surface area contributed by atoms with Crippen molar-refractivity contribution in [3.8, 4) is 0 Å². The molecule has 0 aromatic heterocycles. The number of hydrogen-bond donors (Lipinski definition) is 0. The second-order valence-electron chi connectivity index (χ2n) is 5.52. The summed E-state index contributed by atoms with van der Waals surface area (Å²) in [6.07, 6.45) is 0. The van der Waals surface area contributed by atoms with E-state index in [1.807, 2.05) is 0 Å². The van der Waals surface area contributed by atoms with E-state index < -0.39 is 0 Å². The first-order chi connectivity index (χ1) is 6.89. The minimum atomic E-state index is 0. The molecule has 0 aliphatic rings. The SMILES string of the molecule is Cc1ccc(C)c2[cH-]c(C(C)(C)C)cc12.[Hf]. The monoisotopic (exact) mass is 379 g/mol. The molecular weight excluding hydrogens is 359 g/mol. The van der Waals surface area contributed by atoms with Crippen molar-refractivity contribution in [1.29, 1.82) is 0 Å². The molecule has 84 valence electrons. The molecule has 0 aliphatic heterocycles. The van der Waals surface area contributed by atoms with Crippen molar-refractivity contribution >= 4 is 10.8 Å². The van der Waals surface area contributed by atoms with Gasteiger partial charge in [-0.2, -0.15) is 6.07 Å². The summed E-state index contributed by atoms with van der Waals surface area (Å²) in [5, 5.41) is 2.83. The van der Waals surface area contributed by atoms with Gasteiger partial charge in [-0.15, -0.1) is 34.0 Å². The molecule has 2 rings (SSSR count). The van der Waals surface area contributed by atoms with E-state index in [-0.39, 0.29) is 31.3 Å². The fourth-order valence-corrected chi connectivity index (χ4v) is 2.02. The van der Waals surface area contributed by atoms with Crippen LogP contribution in [0.25, 0.3) is 10.8 Å². The van der Waals surface area contributed by atoms with Gasteiger partial charge in [0.25, 0.3) is 0 Å². The van der Waals surface area contributed by atoms with Crippen molar-refractivity contribution in [3.05, 3.63) is 41.0 Å². The Balaban J connectivity index is 0.00000128. The zero-order chi connectivity index (χ0) is 11.2. The maximum atomic E-state index is 2.34. The summed E-state index contributed by atoms with van der Waals surface area (Å²) in [5.74, 6) is 0. The minimum absolute atomic E-state index is 0. The number of benzene rings is 1. The largest absolute Gasteiger partial charge is 0.164 e. The van der Waals surface area contributed by atoms with Crippen molar-refractivity contribution in [2.45, 2.75) is 40.0 Å². The number of aryl methyl sites for hydroxylation is 2. The van der Waals surface area contributed by atoms with E-state index in [1.54, 1.807) is 0 Å². The van der Waals surface area contributed by atoms with Crippen LogP contribution in [0.15, 0.2) is 24.3 Å². The van der Waals surface area contributed by atoms with Gasteiger partial charge in [-0.05, 0) is 12.3 Å². The van der Waals surface area contributed by atoms with Crippen LogP contribution in [-0.4, -0.2) is 0 Å². The molecule has 0 bridgehead atoms. The van der Waals surface area contributed by atoms with Gasteiger partial charge < -0.3 is 0 Å². The normalized spacial score (nSPS) is 11.6. The fraction of sp³-hybridized carbons (Fsp3) is 0.400. The van der Waals surface area contributed by atoms with Crippen molar-refractivity contribution < 1.29 is 25.8 Å². The molecule has 2 aromatic carbocycles. The summed E-state index contributed by atoms with van der Waals surface area (Å²) in [6, 6.07) is 9.11. The van der Waals surface area contributed by atoms with Crippen LogP contribution in [0.2, 0.25) is 0 Å². The molecule has 0 saturated heterocycles. The van der Waals surface area contributed by atoms with E-state index in [2.05, 4.69) is 58.9 Å². The molecule has 16 heavy (non-hydrogen) atoms. The van der Waals surface area contributed by atoms with Gasteiger partial charge in [0.1, 0.15) is 0 Å². The fourth-order valence-electron chi connectivity index (χ4n) is 2.02. The molecule has 0 aliphatic carbocycles. The average molecular weight is 378 g/mol. The first kappa shape index (κ1) is 13.8. The predicted molar refractivity (Wildman–Crippen MR) is 67.7 cm³/mol. The Kier molecular flexibility index (Phi) is 3.89. The van der Waals surface area contributed by atoms with Crippen molar-refractivity contribution in [3.63, 3.8) is 0 Å². The quantitative estimate of drug-likeness (QED) is 0.469. The summed E-state index contributed by atoms with van der Waals surface area (Å²) < 4.78 is 0. The molecule has 0 spiro atoms. The van der Waals surface area contributed by atoms with Gasteiger partial charge in [-0.3, -0.25) is 0 Å². The Morgan fingerprint density at radius 2 is 1.56 bits per heavy atom. The van der Waals surface area contributed by atoms with Gasteiger partial charge in [0.15, 0.2) is 0 Å². The van der Waals surface area contributed by atoms with Crippen LogP contribution >= 0.6 is 0 Å². The van der Waals surface area contributed by atoms with Crippen LogP contribution in [0, 0.1) is 13.8 Å². The number of hydrogen-bond acceptors (Lipinski definition) is 0. The van der Waals surface area contributed by atoms with Gasteiger partial charge in [-0.1, -0.05) is 39.3 Å². The van der Waals surface area contributed by atoms with Crippen LogP contribution in [0.4, 0.5) is 0 Å². The Morgan fingerprint density at radius 3 is 2.06 bits per heavy atom. The smallest absolute Gasteiger partial charge is 0 e. The molecule has 0 heterocycles. The minimum Gasteiger partial charge on any atom is -0.164 e. The Labute approximate surface area is 117 Å². The molecule has 0 N–H and O–H groups in total. The van der Waals surface area contributed by atoms with Crippen LogP contribution in [0.3, 0.4) is 0 Å². The maximum absolute atomic E-state index is 2.34. The van der Waals surface area contributed by atoms with Crippen molar-refractivity contribution in [2.24, 2.45) is 0 Å². The van der Waals surface area contributed by atoms with Crippen LogP contribution in [-0.2, 0) is 31.3 Å². The maximum Gasteiger partial charge on any atom is 0 e. The standard InChI is InChI=1S/C15H19.Hf/c1-10-6-7-11(2)14-9-12(8-13(10)14)15(3,4)5;/h6-9H,1-5H3;/q-1;. The summed E-state index contributed by atoms with van der Waals surface area (Å²) >= 11 is 0. The van der Waals surface area contributed by atoms with Crippen molar-refractivity contribution in [2.75, 3.05) is 0 Å². The number of fused-ring (bicyclic) bond motifs is 1. The second kappa shape index (κ2) is 4.52. The predicted octanol–water partition coefficient (Wildman–Crippen LogP) is 4.47. The Morgan fingerprint density at radius 1 is 1.00 bits per heavy atom. The van der Waals surface area contributed by atoms with E-state index in [9.17, 15) is 0 Å². The van der Waals surface area contributed by atoms with Gasteiger partial charge in [0.2, 0.25) is 0 Å².